The van der Waals surface area contributed by atoms with Crippen LogP contribution in [0.15, 0.2) is 18.2 Å². The van der Waals surface area contributed by atoms with Crippen LogP contribution in [0, 0.1) is 11.3 Å². The highest BCUT2D eigenvalue weighted by atomic mass is 35.5. The van der Waals surface area contributed by atoms with Gasteiger partial charge in [-0.05, 0) is 30.2 Å². The van der Waals surface area contributed by atoms with Crippen molar-refractivity contribution in [3.05, 3.63) is 33.8 Å². The van der Waals surface area contributed by atoms with Gasteiger partial charge in [-0.1, -0.05) is 36.5 Å². The number of rotatable bonds is 5. The van der Waals surface area contributed by atoms with Crippen LogP contribution >= 0.6 is 23.2 Å². The Morgan fingerprint density at radius 3 is 2.57 bits per heavy atom. The average Bonchev–Trinajstić information content (AvgIpc) is 2.49. The lowest BCUT2D eigenvalue weighted by atomic mass is 10.1. The van der Waals surface area contributed by atoms with Crippen LogP contribution in [0.1, 0.15) is 25.3 Å². The van der Waals surface area contributed by atoms with E-state index >= 15 is 0 Å². The van der Waals surface area contributed by atoms with Gasteiger partial charge in [-0.15, -0.1) is 0 Å². The maximum Gasteiger partial charge on any atom is 0.0978 e. The van der Waals surface area contributed by atoms with Crippen LogP contribution in [0.5, 0.6) is 0 Å². The molecule has 1 fully saturated rings. The first-order chi connectivity index (χ1) is 10.1. The van der Waals surface area contributed by atoms with Crippen molar-refractivity contribution >= 4 is 23.2 Å². The van der Waals surface area contributed by atoms with Crippen LogP contribution in [-0.2, 0) is 6.54 Å². The normalized spacial score (nSPS) is 18.4. The topological polar surface area (TPSA) is 30.3 Å². The molecule has 0 spiro atoms. The number of nitriles is 1. The van der Waals surface area contributed by atoms with E-state index in [4.69, 9.17) is 23.2 Å². The number of piperazine rings is 1. The summed E-state index contributed by atoms with van der Waals surface area (Å²) < 4.78 is 0. The summed E-state index contributed by atoms with van der Waals surface area (Å²) in [5.41, 5.74) is 1.07. The number of nitrogens with zero attached hydrogens (tertiary/aromatic N) is 3. The molecule has 1 saturated heterocycles. The SMILES string of the molecule is CCCC(C#N)N1CCN(Cc2cc(Cl)ccc2Cl)CC1. The minimum Gasteiger partial charge on any atom is -0.296 e. The Morgan fingerprint density at radius 2 is 1.95 bits per heavy atom. The molecule has 114 valence electrons. The molecule has 2 rings (SSSR count). The average molecular weight is 326 g/mol. The first-order valence-electron chi connectivity index (χ1n) is 7.44. The minimum absolute atomic E-state index is 0.0620. The molecular formula is C16H21Cl2N3. The van der Waals surface area contributed by atoms with Crippen molar-refractivity contribution in [2.75, 3.05) is 26.2 Å². The third-order valence-corrected chi connectivity index (χ3v) is 4.56. The monoisotopic (exact) mass is 325 g/mol. The Balaban J connectivity index is 1.89. The van der Waals surface area contributed by atoms with E-state index in [2.05, 4.69) is 22.8 Å². The van der Waals surface area contributed by atoms with Crippen molar-refractivity contribution in [2.24, 2.45) is 0 Å². The molecular weight excluding hydrogens is 305 g/mol. The zero-order valence-electron chi connectivity index (χ0n) is 12.4. The van der Waals surface area contributed by atoms with Crippen molar-refractivity contribution in [3.63, 3.8) is 0 Å². The number of halogens is 2. The van der Waals surface area contributed by atoms with Crippen LogP contribution in [0.2, 0.25) is 10.0 Å². The second kappa shape index (κ2) is 8.00. The predicted octanol–water partition coefficient (Wildman–Crippen LogP) is 3.80. The fourth-order valence-corrected chi connectivity index (χ4v) is 3.11. The van der Waals surface area contributed by atoms with Crippen LogP contribution in [0.4, 0.5) is 0 Å². The Labute approximate surface area is 137 Å². The van der Waals surface area contributed by atoms with E-state index in [1.807, 2.05) is 18.2 Å². The van der Waals surface area contributed by atoms with Crippen LogP contribution in [-0.4, -0.2) is 42.0 Å². The molecule has 0 aromatic heterocycles. The summed E-state index contributed by atoms with van der Waals surface area (Å²) in [7, 11) is 0. The highest BCUT2D eigenvalue weighted by Gasteiger charge is 2.23. The summed E-state index contributed by atoms with van der Waals surface area (Å²) in [6, 6.07) is 8.08. The lowest BCUT2D eigenvalue weighted by Gasteiger charge is -2.37. The van der Waals surface area contributed by atoms with Gasteiger partial charge in [0.25, 0.3) is 0 Å². The van der Waals surface area contributed by atoms with Gasteiger partial charge in [0.1, 0.15) is 0 Å². The second-order valence-corrected chi connectivity index (χ2v) is 6.33. The van der Waals surface area contributed by atoms with Crippen LogP contribution < -0.4 is 0 Å². The van der Waals surface area contributed by atoms with E-state index in [0.717, 1.165) is 61.2 Å². The molecule has 1 aliphatic rings. The van der Waals surface area contributed by atoms with Crippen molar-refractivity contribution in [1.82, 2.24) is 9.80 Å². The van der Waals surface area contributed by atoms with Gasteiger partial charge in [-0.25, -0.2) is 0 Å². The van der Waals surface area contributed by atoms with Gasteiger partial charge in [-0.3, -0.25) is 9.80 Å². The van der Waals surface area contributed by atoms with Crippen LogP contribution in [0.25, 0.3) is 0 Å². The maximum atomic E-state index is 9.24. The fourth-order valence-electron chi connectivity index (χ4n) is 2.74. The van der Waals surface area contributed by atoms with Gasteiger partial charge in [-0.2, -0.15) is 5.26 Å². The molecule has 0 aliphatic carbocycles. The Kier molecular flexibility index (Phi) is 6.32. The third kappa shape index (κ3) is 4.59. The third-order valence-electron chi connectivity index (χ3n) is 3.96. The molecule has 1 aromatic carbocycles. The van der Waals surface area contributed by atoms with E-state index in [1.54, 1.807) is 0 Å². The first-order valence-corrected chi connectivity index (χ1v) is 8.19. The molecule has 5 heteroatoms. The summed E-state index contributed by atoms with van der Waals surface area (Å²) in [6.07, 6.45) is 2.01. The highest BCUT2D eigenvalue weighted by molar-refractivity contribution is 6.33. The lowest BCUT2D eigenvalue weighted by Crippen LogP contribution is -2.49. The molecule has 0 bridgehead atoms. The molecule has 21 heavy (non-hydrogen) atoms. The van der Waals surface area contributed by atoms with Gasteiger partial charge >= 0.3 is 0 Å². The minimum atomic E-state index is 0.0620. The highest BCUT2D eigenvalue weighted by Crippen LogP contribution is 2.23. The smallest absolute Gasteiger partial charge is 0.0978 e. The fraction of sp³-hybridized carbons (Fsp3) is 0.562. The van der Waals surface area contributed by atoms with E-state index in [1.165, 1.54) is 0 Å². The number of hydrogen-bond acceptors (Lipinski definition) is 3. The lowest BCUT2D eigenvalue weighted by molar-refractivity contribution is 0.106. The van der Waals surface area contributed by atoms with Crippen molar-refractivity contribution in [3.8, 4) is 6.07 Å². The van der Waals surface area contributed by atoms with Crippen molar-refractivity contribution in [1.29, 1.82) is 5.26 Å². The van der Waals surface area contributed by atoms with Gasteiger partial charge in [0, 0.05) is 42.8 Å². The molecule has 3 nitrogen and oxygen atoms in total. The Bertz CT molecular complexity index is 505. The summed E-state index contributed by atoms with van der Waals surface area (Å²) in [5.74, 6) is 0. The zero-order valence-corrected chi connectivity index (χ0v) is 13.9. The van der Waals surface area contributed by atoms with E-state index in [0.29, 0.717) is 0 Å². The predicted molar refractivity (Wildman–Crippen MR) is 87.6 cm³/mol. The number of benzene rings is 1. The first kappa shape index (κ1) is 16.6. The summed E-state index contributed by atoms with van der Waals surface area (Å²) >= 11 is 12.3. The summed E-state index contributed by atoms with van der Waals surface area (Å²) in [5, 5.41) is 10.7. The largest absolute Gasteiger partial charge is 0.296 e. The van der Waals surface area contributed by atoms with Gasteiger partial charge in [0.2, 0.25) is 0 Å². The van der Waals surface area contributed by atoms with Gasteiger partial charge in [0.05, 0.1) is 12.1 Å². The van der Waals surface area contributed by atoms with E-state index in [9.17, 15) is 5.26 Å². The van der Waals surface area contributed by atoms with Crippen molar-refractivity contribution < 1.29 is 0 Å². The molecule has 1 heterocycles. The Hall–Kier alpha value is -0.790. The quantitative estimate of drug-likeness (QED) is 0.824. The molecule has 1 unspecified atom stereocenters. The molecule has 1 atom stereocenters. The summed E-state index contributed by atoms with van der Waals surface area (Å²) in [4.78, 5) is 4.66. The summed E-state index contributed by atoms with van der Waals surface area (Å²) in [6.45, 7) is 6.75. The Morgan fingerprint density at radius 1 is 1.24 bits per heavy atom. The number of hydrogen-bond donors (Lipinski definition) is 0. The van der Waals surface area contributed by atoms with Gasteiger partial charge in [0.15, 0.2) is 0 Å². The zero-order chi connectivity index (χ0) is 15.2. The maximum absolute atomic E-state index is 9.24. The van der Waals surface area contributed by atoms with Gasteiger partial charge < -0.3 is 0 Å². The second-order valence-electron chi connectivity index (χ2n) is 5.48. The molecule has 0 amide bonds. The molecule has 1 aromatic rings. The molecule has 1 aliphatic heterocycles. The van der Waals surface area contributed by atoms with Crippen LogP contribution in [0.3, 0.4) is 0 Å². The van der Waals surface area contributed by atoms with E-state index < -0.39 is 0 Å². The molecule has 0 radical (unpaired) electrons. The van der Waals surface area contributed by atoms with E-state index in [-0.39, 0.29) is 6.04 Å². The van der Waals surface area contributed by atoms with Crippen molar-refractivity contribution in [2.45, 2.75) is 32.4 Å². The molecule has 0 saturated carbocycles. The molecule has 0 N–H and O–H groups in total. The standard InChI is InChI=1S/C16H21Cl2N3/c1-2-3-15(11-19)21-8-6-20(7-9-21)12-13-10-14(17)4-5-16(13)18/h4-5,10,15H,2-3,6-9,12H2,1H3.